The molecule has 118 valence electrons. The van der Waals surface area contributed by atoms with E-state index in [1.54, 1.807) is 20.9 Å². The molecule has 0 saturated carbocycles. The lowest BCUT2D eigenvalue weighted by atomic mass is 10.2. The quantitative estimate of drug-likeness (QED) is 0.832. The summed E-state index contributed by atoms with van der Waals surface area (Å²) >= 11 is 6.03. The molecule has 7 heteroatoms. The van der Waals surface area contributed by atoms with E-state index in [0.717, 1.165) is 0 Å². The molecule has 21 heavy (non-hydrogen) atoms. The fourth-order valence-electron chi connectivity index (χ4n) is 1.62. The average molecular weight is 333 g/mol. The predicted molar refractivity (Wildman–Crippen MR) is 84.2 cm³/mol. The van der Waals surface area contributed by atoms with Crippen molar-refractivity contribution < 1.29 is 13.2 Å². The van der Waals surface area contributed by atoms with Crippen molar-refractivity contribution in [3.05, 3.63) is 28.8 Å². The highest BCUT2D eigenvalue weighted by Crippen LogP contribution is 2.24. The fraction of sp³-hybridized carbons (Fsp3) is 0.500. The first-order valence-corrected chi connectivity index (χ1v) is 8.47. The molecule has 1 aromatic carbocycles. The van der Waals surface area contributed by atoms with Gasteiger partial charge in [-0.1, -0.05) is 11.6 Å². The van der Waals surface area contributed by atoms with Crippen molar-refractivity contribution >= 4 is 27.5 Å². The van der Waals surface area contributed by atoms with Crippen LogP contribution in [0.5, 0.6) is 0 Å². The molecule has 0 bridgehead atoms. The second-order valence-electron chi connectivity index (χ2n) is 5.08. The smallest absolute Gasteiger partial charge is 0.255 e. The molecule has 1 aromatic rings. The predicted octanol–water partition coefficient (Wildman–Crippen LogP) is 2.46. The van der Waals surface area contributed by atoms with Crippen LogP contribution in [0, 0.1) is 0 Å². The highest BCUT2D eigenvalue weighted by atomic mass is 35.5. The van der Waals surface area contributed by atoms with E-state index >= 15 is 0 Å². The molecule has 5 nitrogen and oxygen atoms in total. The van der Waals surface area contributed by atoms with Crippen LogP contribution < -0.4 is 0 Å². The van der Waals surface area contributed by atoms with Gasteiger partial charge < -0.3 is 4.90 Å². The standard InChI is InChI=1S/C14H21ClN2O3S/c1-6-16(4)14(18)12-9-11(7-8-13(12)15)21(19,20)17(5)10(2)3/h7-10H,6H2,1-5H3. The van der Waals surface area contributed by atoms with Crippen molar-refractivity contribution in [2.24, 2.45) is 0 Å². The van der Waals surface area contributed by atoms with Crippen molar-refractivity contribution in [1.82, 2.24) is 9.21 Å². The van der Waals surface area contributed by atoms with Gasteiger partial charge in [-0.15, -0.1) is 0 Å². The van der Waals surface area contributed by atoms with Crippen LogP contribution in [0.1, 0.15) is 31.1 Å². The van der Waals surface area contributed by atoms with Crippen molar-refractivity contribution in [3.8, 4) is 0 Å². The lowest BCUT2D eigenvalue weighted by molar-refractivity contribution is 0.0802. The van der Waals surface area contributed by atoms with Crippen LogP contribution in [-0.2, 0) is 10.0 Å². The monoisotopic (exact) mass is 332 g/mol. The second-order valence-corrected chi connectivity index (χ2v) is 7.48. The number of hydrogen-bond acceptors (Lipinski definition) is 3. The van der Waals surface area contributed by atoms with Crippen molar-refractivity contribution in [1.29, 1.82) is 0 Å². The highest BCUT2D eigenvalue weighted by molar-refractivity contribution is 7.89. The molecular formula is C14H21ClN2O3S. The molecule has 0 spiro atoms. The van der Waals surface area contributed by atoms with E-state index in [1.165, 1.54) is 34.5 Å². The number of halogens is 1. The molecule has 0 radical (unpaired) electrons. The molecule has 0 aliphatic heterocycles. The lowest BCUT2D eigenvalue weighted by Crippen LogP contribution is -2.33. The number of carbonyl (C=O) groups excluding carboxylic acids is 1. The van der Waals surface area contributed by atoms with Crippen LogP contribution in [0.25, 0.3) is 0 Å². The lowest BCUT2D eigenvalue weighted by Gasteiger charge is -2.22. The number of nitrogens with zero attached hydrogens (tertiary/aromatic N) is 2. The van der Waals surface area contributed by atoms with E-state index in [-0.39, 0.29) is 27.4 Å². The summed E-state index contributed by atoms with van der Waals surface area (Å²) in [5, 5.41) is 0.242. The third-order valence-electron chi connectivity index (χ3n) is 3.39. The van der Waals surface area contributed by atoms with Gasteiger partial charge >= 0.3 is 0 Å². The number of benzene rings is 1. The molecule has 0 aliphatic carbocycles. The molecule has 0 aromatic heterocycles. The molecule has 0 heterocycles. The van der Waals surface area contributed by atoms with Crippen molar-refractivity contribution in [2.75, 3.05) is 20.6 Å². The molecule has 0 atom stereocenters. The van der Waals surface area contributed by atoms with Gasteiger partial charge in [0, 0.05) is 26.7 Å². The summed E-state index contributed by atoms with van der Waals surface area (Å²) in [4.78, 5) is 13.8. The maximum absolute atomic E-state index is 12.5. The molecule has 0 unspecified atom stereocenters. The number of hydrogen-bond donors (Lipinski definition) is 0. The van der Waals surface area contributed by atoms with Gasteiger partial charge in [0.05, 0.1) is 15.5 Å². The minimum atomic E-state index is -3.64. The Labute approximate surface area is 131 Å². The molecule has 1 rings (SSSR count). The van der Waals surface area contributed by atoms with E-state index in [2.05, 4.69) is 0 Å². The number of rotatable bonds is 5. The van der Waals surface area contributed by atoms with Gasteiger partial charge in [-0.05, 0) is 39.0 Å². The van der Waals surface area contributed by atoms with Crippen molar-refractivity contribution in [3.63, 3.8) is 0 Å². The molecule has 0 N–H and O–H groups in total. The van der Waals surface area contributed by atoms with Gasteiger partial charge in [0.25, 0.3) is 5.91 Å². The van der Waals surface area contributed by atoms with Crippen LogP contribution in [0.3, 0.4) is 0 Å². The van der Waals surface area contributed by atoms with Crippen molar-refractivity contribution in [2.45, 2.75) is 31.7 Å². The number of sulfonamides is 1. The Morgan fingerprint density at radius 2 is 1.86 bits per heavy atom. The summed E-state index contributed by atoms with van der Waals surface area (Å²) < 4.78 is 26.2. The zero-order valence-corrected chi connectivity index (χ0v) is 14.5. The number of carbonyl (C=O) groups is 1. The summed E-state index contributed by atoms with van der Waals surface area (Å²) in [5.41, 5.74) is 0.194. The summed E-state index contributed by atoms with van der Waals surface area (Å²) in [6, 6.07) is 4.02. The Morgan fingerprint density at radius 3 is 2.33 bits per heavy atom. The van der Waals surface area contributed by atoms with Crippen LogP contribution in [0.15, 0.2) is 23.1 Å². The zero-order valence-electron chi connectivity index (χ0n) is 12.9. The zero-order chi connectivity index (χ0) is 16.4. The van der Waals surface area contributed by atoms with E-state index in [9.17, 15) is 13.2 Å². The third-order valence-corrected chi connectivity index (χ3v) is 5.75. The minimum Gasteiger partial charge on any atom is -0.342 e. The Hall–Kier alpha value is -1.11. The largest absolute Gasteiger partial charge is 0.342 e. The van der Waals surface area contributed by atoms with Crippen LogP contribution in [0.4, 0.5) is 0 Å². The Balaban J connectivity index is 3.34. The SMILES string of the molecule is CCN(C)C(=O)c1cc(S(=O)(=O)N(C)C(C)C)ccc1Cl. The van der Waals surface area contributed by atoms with Gasteiger partial charge in [0.2, 0.25) is 10.0 Å². The normalized spacial score (nSPS) is 12.0. The molecule has 0 aliphatic rings. The summed E-state index contributed by atoms with van der Waals surface area (Å²) in [5.74, 6) is -0.299. The second kappa shape index (κ2) is 6.77. The van der Waals surface area contributed by atoms with Gasteiger partial charge in [0.15, 0.2) is 0 Å². The molecule has 0 saturated heterocycles. The first kappa shape index (κ1) is 17.9. The Morgan fingerprint density at radius 1 is 1.29 bits per heavy atom. The minimum absolute atomic E-state index is 0.0657. The van der Waals surface area contributed by atoms with Gasteiger partial charge in [-0.2, -0.15) is 4.31 Å². The molecule has 1 amide bonds. The van der Waals surface area contributed by atoms with E-state index in [1.807, 2.05) is 6.92 Å². The van der Waals surface area contributed by atoms with Gasteiger partial charge in [-0.3, -0.25) is 4.79 Å². The number of amides is 1. The first-order valence-electron chi connectivity index (χ1n) is 6.66. The van der Waals surface area contributed by atoms with Crippen LogP contribution in [-0.4, -0.2) is 50.2 Å². The Bertz CT molecular complexity index is 629. The Kier molecular flexibility index (Phi) is 5.78. The maximum Gasteiger partial charge on any atom is 0.255 e. The van der Waals surface area contributed by atoms with E-state index in [0.29, 0.717) is 6.54 Å². The van der Waals surface area contributed by atoms with Crippen LogP contribution >= 0.6 is 11.6 Å². The first-order chi connectivity index (χ1) is 9.62. The fourth-order valence-corrected chi connectivity index (χ4v) is 3.21. The summed E-state index contributed by atoms with van der Waals surface area (Å²) in [7, 11) is -0.492. The van der Waals surface area contributed by atoms with E-state index < -0.39 is 10.0 Å². The molecular weight excluding hydrogens is 312 g/mol. The van der Waals surface area contributed by atoms with E-state index in [4.69, 9.17) is 11.6 Å². The van der Waals surface area contributed by atoms with Crippen LogP contribution in [0.2, 0.25) is 5.02 Å². The van der Waals surface area contributed by atoms with Gasteiger partial charge in [-0.25, -0.2) is 8.42 Å². The summed E-state index contributed by atoms with van der Waals surface area (Å²) in [6.07, 6.45) is 0. The average Bonchev–Trinajstić information content (AvgIpc) is 2.44. The van der Waals surface area contributed by atoms with Gasteiger partial charge in [0.1, 0.15) is 0 Å². The summed E-state index contributed by atoms with van der Waals surface area (Å²) in [6.45, 7) is 5.91. The maximum atomic E-state index is 12.5. The topological polar surface area (TPSA) is 57.7 Å². The highest BCUT2D eigenvalue weighted by Gasteiger charge is 2.25. The molecule has 0 fully saturated rings. The third kappa shape index (κ3) is 3.75.